The Balaban J connectivity index is 1.91. The predicted molar refractivity (Wildman–Crippen MR) is 55.4 cm³/mol. The second-order valence-corrected chi connectivity index (χ2v) is 4.73. The van der Waals surface area contributed by atoms with Gasteiger partial charge in [0.05, 0.1) is 0 Å². The fourth-order valence-electron chi connectivity index (χ4n) is 2.24. The molecule has 0 spiro atoms. The van der Waals surface area contributed by atoms with Crippen molar-refractivity contribution >= 4 is 5.91 Å². The van der Waals surface area contributed by atoms with Gasteiger partial charge in [0.2, 0.25) is 5.67 Å². The van der Waals surface area contributed by atoms with Crippen molar-refractivity contribution in [3.8, 4) is 0 Å². The second-order valence-electron chi connectivity index (χ2n) is 4.73. The number of amides is 1. The van der Waals surface area contributed by atoms with E-state index in [9.17, 15) is 9.18 Å². The summed E-state index contributed by atoms with van der Waals surface area (Å²) < 4.78 is 14.0. The summed E-state index contributed by atoms with van der Waals surface area (Å²) in [6, 6.07) is 0. The van der Waals surface area contributed by atoms with Crippen molar-refractivity contribution in [2.75, 3.05) is 53.4 Å². The zero-order chi connectivity index (χ0) is 11.1. The monoisotopic (exact) mass is 215 g/mol. The van der Waals surface area contributed by atoms with Crippen molar-refractivity contribution in [1.82, 2.24) is 14.7 Å². The van der Waals surface area contributed by atoms with E-state index < -0.39 is 5.67 Å². The molecule has 5 heteroatoms. The molecule has 0 radical (unpaired) electrons. The molecular formula is C10H18FN3O. The molecule has 0 aromatic rings. The molecule has 0 saturated carbocycles. The highest BCUT2D eigenvalue weighted by molar-refractivity contribution is 5.87. The highest BCUT2D eigenvalue weighted by Gasteiger charge is 2.50. The van der Waals surface area contributed by atoms with E-state index in [1.807, 2.05) is 19.0 Å². The maximum absolute atomic E-state index is 14.0. The summed E-state index contributed by atoms with van der Waals surface area (Å²) in [5, 5.41) is 0. The third kappa shape index (κ3) is 1.99. The van der Waals surface area contributed by atoms with Gasteiger partial charge in [-0.25, -0.2) is 4.39 Å². The highest BCUT2D eigenvalue weighted by atomic mass is 19.1. The summed E-state index contributed by atoms with van der Waals surface area (Å²) >= 11 is 0. The van der Waals surface area contributed by atoms with Crippen LogP contribution in [0.2, 0.25) is 0 Å². The summed E-state index contributed by atoms with van der Waals surface area (Å²) in [7, 11) is 3.85. The molecule has 2 aliphatic rings. The lowest BCUT2D eigenvalue weighted by atomic mass is 9.95. The van der Waals surface area contributed by atoms with E-state index in [1.165, 1.54) is 0 Å². The van der Waals surface area contributed by atoms with E-state index in [1.54, 1.807) is 4.90 Å². The molecule has 2 saturated heterocycles. The maximum atomic E-state index is 14.0. The van der Waals surface area contributed by atoms with Crippen LogP contribution in [0.25, 0.3) is 0 Å². The van der Waals surface area contributed by atoms with Crippen LogP contribution >= 0.6 is 0 Å². The Morgan fingerprint density at radius 2 is 1.60 bits per heavy atom. The van der Waals surface area contributed by atoms with Crippen molar-refractivity contribution in [2.24, 2.45) is 0 Å². The predicted octanol–water partition coefficient (Wildman–Crippen LogP) is -0.586. The van der Waals surface area contributed by atoms with Crippen molar-refractivity contribution in [1.29, 1.82) is 0 Å². The number of halogens is 1. The standard InChI is InChI=1S/C10H18FN3O/c1-12-3-5-14(6-4-12)9(15)10(11)7-13(2)8-10/h3-8H2,1-2H3. The fraction of sp³-hybridized carbons (Fsp3) is 0.900. The van der Waals surface area contributed by atoms with Crippen LogP contribution in [0.3, 0.4) is 0 Å². The summed E-state index contributed by atoms with van der Waals surface area (Å²) in [4.78, 5) is 17.5. The van der Waals surface area contributed by atoms with Gasteiger partial charge in [0.25, 0.3) is 5.91 Å². The normalized spacial score (nSPS) is 27.5. The summed E-state index contributed by atoms with van der Waals surface area (Å²) in [6.45, 7) is 3.50. The number of hydrogen-bond donors (Lipinski definition) is 0. The van der Waals surface area contributed by atoms with Crippen LogP contribution in [0.1, 0.15) is 0 Å². The van der Waals surface area contributed by atoms with E-state index in [4.69, 9.17) is 0 Å². The van der Waals surface area contributed by atoms with Gasteiger partial charge in [-0.05, 0) is 14.1 Å². The maximum Gasteiger partial charge on any atom is 0.263 e. The Hall–Kier alpha value is -0.680. The molecule has 86 valence electrons. The molecular weight excluding hydrogens is 197 g/mol. The largest absolute Gasteiger partial charge is 0.337 e. The van der Waals surface area contributed by atoms with E-state index >= 15 is 0 Å². The highest BCUT2D eigenvalue weighted by Crippen LogP contribution is 2.26. The van der Waals surface area contributed by atoms with Crippen LogP contribution in [0.15, 0.2) is 0 Å². The van der Waals surface area contributed by atoms with Gasteiger partial charge < -0.3 is 9.80 Å². The molecule has 4 nitrogen and oxygen atoms in total. The lowest BCUT2D eigenvalue weighted by molar-refractivity contribution is -0.156. The minimum atomic E-state index is -1.61. The first-order valence-corrected chi connectivity index (χ1v) is 5.37. The molecule has 0 aromatic heterocycles. The molecule has 2 heterocycles. The van der Waals surface area contributed by atoms with Gasteiger partial charge >= 0.3 is 0 Å². The van der Waals surface area contributed by atoms with Crippen LogP contribution in [0, 0.1) is 0 Å². The van der Waals surface area contributed by atoms with E-state index in [0.29, 0.717) is 13.1 Å². The third-order valence-corrected chi connectivity index (χ3v) is 3.21. The van der Waals surface area contributed by atoms with Crippen LogP contribution < -0.4 is 0 Å². The number of carbonyl (C=O) groups excluding carboxylic acids is 1. The number of carbonyl (C=O) groups is 1. The molecule has 0 aliphatic carbocycles. The van der Waals surface area contributed by atoms with Gasteiger partial charge in [-0.3, -0.25) is 9.69 Å². The number of likely N-dealkylation sites (N-methyl/N-ethyl adjacent to an activating group) is 1. The van der Waals surface area contributed by atoms with Crippen molar-refractivity contribution in [3.63, 3.8) is 0 Å². The Kier molecular flexibility index (Phi) is 2.68. The van der Waals surface area contributed by atoms with Crippen LogP contribution in [-0.2, 0) is 4.79 Å². The van der Waals surface area contributed by atoms with Crippen molar-refractivity contribution in [3.05, 3.63) is 0 Å². The van der Waals surface area contributed by atoms with Gasteiger partial charge in [-0.1, -0.05) is 0 Å². The van der Waals surface area contributed by atoms with E-state index in [-0.39, 0.29) is 19.0 Å². The SMILES string of the molecule is CN1CCN(C(=O)C2(F)CN(C)C2)CC1. The van der Waals surface area contributed by atoms with Crippen LogP contribution in [0.5, 0.6) is 0 Å². The number of alkyl halides is 1. The average Bonchev–Trinajstić information content (AvgIpc) is 2.16. The molecule has 0 aromatic carbocycles. The molecule has 0 N–H and O–H groups in total. The smallest absolute Gasteiger partial charge is 0.263 e. The quantitative estimate of drug-likeness (QED) is 0.585. The Bertz CT molecular complexity index is 257. The van der Waals surface area contributed by atoms with Gasteiger partial charge in [-0.15, -0.1) is 0 Å². The third-order valence-electron chi connectivity index (χ3n) is 3.21. The molecule has 2 aliphatic heterocycles. The minimum absolute atomic E-state index is 0.248. The topological polar surface area (TPSA) is 26.8 Å². The molecule has 15 heavy (non-hydrogen) atoms. The van der Waals surface area contributed by atoms with Gasteiger partial charge in [0.15, 0.2) is 0 Å². The number of hydrogen-bond acceptors (Lipinski definition) is 3. The molecule has 2 rings (SSSR count). The van der Waals surface area contributed by atoms with Gasteiger partial charge in [-0.2, -0.15) is 0 Å². The van der Waals surface area contributed by atoms with E-state index in [2.05, 4.69) is 4.90 Å². The summed E-state index contributed by atoms with van der Waals surface area (Å²) in [5.41, 5.74) is -1.61. The van der Waals surface area contributed by atoms with Crippen molar-refractivity contribution in [2.45, 2.75) is 5.67 Å². The van der Waals surface area contributed by atoms with E-state index in [0.717, 1.165) is 13.1 Å². The first-order valence-electron chi connectivity index (χ1n) is 5.37. The lowest BCUT2D eigenvalue weighted by Gasteiger charge is -2.44. The number of nitrogens with zero attached hydrogens (tertiary/aromatic N) is 3. The Morgan fingerprint density at radius 1 is 1.07 bits per heavy atom. The summed E-state index contributed by atoms with van der Waals surface area (Å²) in [6.07, 6.45) is 0. The molecule has 0 atom stereocenters. The fourth-order valence-corrected chi connectivity index (χ4v) is 2.24. The van der Waals surface area contributed by atoms with Crippen molar-refractivity contribution < 1.29 is 9.18 Å². The summed E-state index contributed by atoms with van der Waals surface area (Å²) in [5.74, 6) is -0.311. The average molecular weight is 215 g/mol. The Morgan fingerprint density at radius 3 is 2.07 bits per heavy atom. The zero-order valence-corrected chi connectivity index (χ0v) is 9.37. The number of likely N-dealkylation sites (tertiary alicyclic amines) is 1. The Labute approximate surface area is 89.6 Å². The zero-order valence-electron chi connectivity index (χ0n) is 9.37. The molecule has 2 fully saturated rings. The first-order chi connectivity index (χ1) is 7.01. The molecule has 1 amide bonds. The number of rotatable bonds is 1. The van der Waals surface area contributed by atoms with Crippen LogP contribution in [-0.4, -0.2) is 79.6 Å². The lowest BCUT2D eigenvalue weighted by Crippen LogP contribution is -2.66. The first kappa shape index (κ1) is 10.8. The van der Waals surface area contributed by atoms with Gasteiger partial charge in [0, 0.05) is 39.3 Å². The number of piperazine rings is 1. The van der Waals surface area contributed by atoms with Gasteiger partial charge in [0.1, 0.15) is 0 Å². The molecule has 0 unspecified atom stereocenters. The molecule has 0 bridgehead atoms. The van der Waals surface area contributed by atoms with Crippen LogP contribution in [0.4, 0.5) is 4.39 Å². The minimum Gasteiger partial charge on any atom is -0.337 e. The second kappa shape index (κ2) is 3.72.